The first-order valence-electron chi connectivity index (χ1n) is 7.70. The Labute approximate surface area is 163 Å². The molecule has 2 heterocycles. The van der Waals surface area contributed by atoms with Gasteiger partial charge in [0.2, 0.25) is 0 Å². The van der Waals surface area contributed by atoms with Crippen LogP contribution in [0.1, 0.15) is 0 Å². The average Bonchev–Trinajstić information content (AvgIpc) is 2.61. The second-order valence-corrected chi connectivity index (χ2v) is 6.98. The number of H-pyrrole nitrogens is 2. The quantitative estimate of drug-likeness (QED) is 0.429. The van der Waals surface area contributed by atoms with E-state index in [4.69, 9.17) is 35.4 Å². The Balaban J connectivity index is 2.07. The van der Waals surface area contributed by atoms with Crippen molar-refractivity contribution in [3.8, 4) is 22.4 Å². The molecule has 26 heavy (non-hydrogen) atoms. The zero-order valence-electron chi connectivity index (χ0n) is 13.2. The molecule has 4 rings (SSSR count). The van der Waals surface area contributed by atoms with E-state index in [-0.39, 0.29) is 10.3 Å². The van der Waals surface area contributed by atoms with Crippen LogP contribution >= 0.6 is 35.4 Å². The van der Waals surface area contributed by atoms with Crippen LogP contribution in [0.15, 0.2) is 59.4 Å². The van der Waals surface area contributed by atoms with E-state index in [1.807, 2.05) is 30.3 Å². The van der Waals surface area contributed by atoms with Crippen LogP contribution in [-0.2, 0) is 0 Å². The van der Waals surface area contributed by atoms with Gasteiger partial charge in [0.15, 0.2) is 4.77 Å². The van der Waals surface area contributed by atoms with Gasteiger partial charge < -0.3 is 4.98 Å². The van der Waals surface area contributed by atoms with E-state index in [1.54, 1.807) is 24.3 Å². The minimum absolute atomic E-state index is 0.227. The van der Waals surface area contributed by atoms with Gasteiger partial charge in [0.25, 0.3) is 5.56 Å². The zero-order chi connectivity index (χ0) is 18.3. The van der Waals surface area contributed by atoms with E-state index in [1.165, 1.54) is 0 Å². The van der Waals surface area contributed by atoms with Crippen molar-refractivity contribution in [2.75, 3.05) is 0 Å². The number of halogens is 2. The number of aromatic nitrogens is 3. The van der Waals surface area contributed by atoms with Crippen molar-refractivity contribution in [1.29, 1.82) is 0 Å². The minimum atomic E-state index is -0.288. The molecule has 0 aliphatic carbocycles. The molecule has 0 aliphatic heterocycles. The summed E-state index contributed by atoms with van der Waals surface area (Å²) in [7, 11) is 0. The van der Waals surface area contributed by atoms with Gasteiger partial charge in [-0.3, -0.25) is 9.78 Å². The summed E-state index contributed by atoms with van der Waals surface area (Å²) in [5.74, 6) is 0. The van der Waals surface area contributed by atoms with Crippen molar-refractivity contribution in [2.45, 2.75) is 0 Å². The lowest BCUT2D eigenvalue weighted by Crippen LogP contribution is -2.10. The second kappa shape index (κ2) is 6.68. The van der Waals surface area contributed by atoms with Crippen LogP contribution < -0.4 is 5.56 Å². The topological polar surface area (TPSA) is 61.5 Å². The molecule has 2 aromatic carbocycles. The molecule has 128 valence electrons. The maximum atomic E-state index is 12.5. The summed E-state index contributed by atoms with van der Waals surface area (Å²) in [6, 6.07) is 16.5. The van der Waals surface area contributed by atoms with E-state index in [2.05, 4.69) is 15.0 Å². The second-order valence-electron chi connectivity index (χ2n) is 5.70. The highest BCUT2D eigenvalue weighted by molar-refractivity contribution is 7.71. The van der Waals surface area contributed by atoms with Gasteiger partial charge in [0, 0.05) is 21.2 Å². The molecule has 4 nitrogen and oxygen atoms in total. The van der Waals surface area contributed by atoms with E-state index in [0.29, 0.717) is 26.8 Å². The first-order valence-corrected chi connectivity index (χ1v) is 8.87. The van der Waals surface area contributed by atoms with Crippen LogP contribution in [-0.4, -0.2) is 15.0 Å². The monoisotopic (exact) mass is 399 g/mol. The number of fused-ring (bicyclic) bond motifs is 1. The fourth-order valence-electron chi connectivity index (χ4n) is 2.80. The smallest absolute Gasteiger partial charge is 0.261 e. The number of aromatic amines is 2. The van der Waals surface area contributed by atoms with Crippen molar-refractivity contribution in [3.63, 3.8) is 0 Å². The van der Waals surface area contributed by atoms with Crippen molar-refractivity contribution < 1.29 is 0 Å². The van der Waals surface area contributed by atoms with Crippen molar-refractivity contribution >= 4 is 46.5 Å². The Kier molecular flexibility index (Phi) is 4.36. The molecule has 2 N–H and O–H groups in total. The molecule has 4 aromatic rings. The Hall–Kier alpha value is -2.47. The zero-order valence-corrected chi connectivity index (χ0v) is 15.5. The Morgan fingerprint density at radius 1 is 0.846 bits per heavy atom. The fraction of sp³-hybridized carbons (Fsp3) is 0. The molecule has 0 radical (unpaired) electrons. The van der Waals surface area contributed by atoms with Crippen LogP contribution in [0.5, 0.6) is 0 Å². The SMILES string of the molecule is O=c1[nH]c(=S)[nH]c2nc(-c3ccc(Cl)cc3)cc(-c3ccc(Cl)cc3)c12. The van der Waals surface area contributed by atoms with Crippen molar-refractivity contribution in [3.05, 3.63) is 79.8 Å². The van der Waals surface area contributed by atoms with Gasteiger partial charge in [-0.2, -0.15) is 0 Å². The van der Waals surface area contributed by atoms with Crippen LogP contribution in [0.4, 0.5) is 0 Å². The van der Waals surface area contributed by atoms with Gasteiger partial charge in [0.1, 0.15) is 5.65 Å². The molecule has 7 heteroatoms. The standard InChI is InChI=1S/C19H11Cl2N3OS/c20-12-5-1-10(2-6-12)14-9-15(11-3-7-13(21)8-4-11)22-17-16(14)18(25)24-19(26)23-17/h1-9H,(H2,22,23,24,25,26). The highest BCUT2D eigenvalue weighted by Crippen LogP contribution is 2.30. The molecular formula is C19H11Cl2N3OS. The number of pyridine rings is 1. The van der Waals surface area contributed by atoms with E-state index >= 15 is 0 Å². The molecule has 0 saturated carbocycles. The maximum Gasteiger partial charge on any atom is 0.261 e. The third kappa shape index (κ3) is 3.17. The average molecular weight is 400 g/mol. The summed E-state index contributed by atoms with van der Waals surface area (Å²) < 4.78 is 0.227. The van der Waals surface area contributed by atoms with Crippen molar-refractivity contribution in [2.24, 2.45) is 0 Å². The number of hydrogen-bond acceptors (Lipinski definition) is 3. The first-order chi connectivity index (χ1) is 12.5. The number of rotatable bonds is 2. The number of nitrogens with zero attached hydrogens (tertiary/aromatic N) is 1. The lowest BCUT2D eigenvalue weighted by Gasteiger charge is -2.10. The molecule has 2 aromatic heterocycles. The molecule has 0 bridgehead atoms. The van der Waals surface area contributed by atoms with E-state index in [0.717, 1.165) is 16.7 Å². The van der Waals surface area contributed by atoms with Gasteiger partial charge in [-0.05, 0) is 48.1 Å². The molecule has 0 amide bonds. The highest BCUT2D eigenvalue weighted by atomic mass is 35.5. The first kappa shape index (κ1) is 17.0. The summed E-state index contributed by atoms with van der Waals surface area (Å²) in [6.07, 6.45) is 0. The van der Waals surface area contributed by atoms with Crippen molar-refractivity contribution in [1.82, 2.24) is 15.0 Å². The third-order valence-corrected chi connectivity index (χ3v) is 4.71. The largest absolute Gasteiger partial charge is 0.316 e. The number of hydrogen-bond donors (Lipinski definition) is 2. The highest BCUT2D eigenvalue weighted by Gasteiger charge is 2.13. The minimum Gasteiger partial charge on any atom is -0.316 e. The molecular weight excluding hydrogens is 389 g/mol. The van der Waals surface area contributed by atoms with E-state index < -0.39 is 0 Å². The van der Waals surface area contributed by atoms with Crippen LogP contribution in [0.25, 0.3) is 33.4 Å². The summed E-state index contributed by atoms with van der Waals surface area (Å²) in [6.45, 7) is 0. The molecule has 0 atom stereocenters. The molecule has 0 saturated heterocycles. The predicted octanol–water partition coefficient (Wildman–Crippen LogP) is 5.62. The summed E-state index contributed by atoms with van der Waals surface area (Å²) in [5.41, 5.74) is 3.32. The third-order valence-electron chi connectivity index (χ3n) is 4.00. The van der Waals surface area contributed by atoms with Gasteiger partial charge in [0.05, 0.1) is 11.1 Å². The summed E-state index contributed by atoms with van der Waals surface area (Å²) in [5, 5.41) is 1.71. The number of benzene rings is 2. The maximum absolute atomic E-state index is 12.5. The van der Waals surface area contributed by atoms with Gasteiger partial charge in [-0.15, -0.1) is 0 Å². The summed E-state index contributed by atoms with van der Waals surface area (Å²) in [4.78, 5) is 22.7. The normalized spacial score (nSPS) is 11.0. The Bertz CT molecular complexity index is 1230. The van der Waals surface area contributed by atoms with Gasteiger partial charge in [-0.1, -0.05) is 47.5 Å². The molecule has 0 fully saturated rings. The molecule has 0 unspecified atom stereocenters. The number of nitrogens with one attached hydrogen (secondary N) is 2. The lowest BCUT2D eigenvalue weighted by molar-refractivity contribution is 1.11. The molecule has 0 spiro atoms. The fourth-order valence-corrected chi connectivity index (χ4v) is 3.24. The van der Waals surface area contributed by atoms with Crippen LogP contribution in [0.3, 0.4) is 0 Å². The molecule has 0 aliphatic rings. The van der Waals surface area contributed by atoms with Gasteiger partial charge in [-0.25, -0.2) is 4.98 Å². The lowest BCUT2D eigenvalue weighted by atomic mass is 10.0. The summed E-state index contributed by atoms with van der Waals surface area (Å²) >= 11 is 17.1. The predicted molar refractivity (Wildman–Crippen MR) is 108 cm³/mol. The Morgan fingerprint density at radius 3 is 2.04 bits per heavy atom. The van der Waals surface area contributed by atoms with Crippen LogP contribution in [0, 0.1) is 4.77 Å². The van der Waals surface area contributed by atoms with E-state index in [9.17, 15) is 4.79 Å². The Morgan fingerprint density at radius 2 is 1.42 bits per heavy atom. The van der Waals surface area contributed by atoms with Crippen LogP contribution in [0.2, 0.25) is 10.0 Å². The van der Waals surface area contributed by atoms with Gasteiger partial charge >= 0.3 is 0 Å².